The van der Waals surface area contributed by atoms with E-state index in [-0.39, 0.29) is 11.1 Å². The largest absolute Gasteiger partial charge is 0.379 e. The highest BCUT2D eigenvalue weighted by atomic mass is 16.5. The van der Waals surface area contributed by atoms with Crippen LogP contribution in [0.5, 0.6) is 0 Å². The Hall–Kier alpha value is -0.670. The van der Waals surface area contributed by atoms with Crippen molar-refractivity contribution in [1.29, 1.82) is 5.26 Å². The van der Waals surface area contributed by atoms with E-state index in [1.807, 2.05) is 0 Å². The van der Waals surface area contributed by atoms with Gasteiger partial charge in [0, 0.05) is 31.7 Å². The lowest BCUT2D eigenvalue weighted by Crippen LogP contribution is -2.58. The van der Waals surface area contributed by atoms with Crippen molar-refractivity contribution in [2.24, 2.45) is 0 Å². The number of rotatable bonds is 5. The number of morpholine rings is 1. The first-order valence-electron chi connectivity index (χ1n) is 8.66. The molecule has 0 aliphatic carbocycles. The average molecular weight is 308 g/mol. The number of hydrogen-bond donors (Lipinski definition) is 1. The van der Waals surface area contributed by atoms with E-state index >= 15 is 0 Å². The quantitative estimate of drug-likeness (QED) is 0.833. The lowest BCUT2D eigenvalue weighted by Gasteiger charge is -2.42. The van der Waals surface area contributed by atoms with Gasteiger partial charge in [-0.3, -0.25) is 10.2 Å². The van der Waals surface area contributed by atoms with E-state index in [1.54, 1.807) is 0 Å². The number of hydrogen-bond acceptors (Lipinski definition) is 5. The molecule has 0 aromatic carbocycles. The molecule has 1 N–H and O–H groups in total. The molecule has 0 aromatic rings. The molecule has 0 radical (unpaired) electrons. The van der Waals surface area contributed by atoms with Crippen LogP contribution in [0, 0.1) is 11.3 Å². The first kappa shape index (κ1) is 17.7. The predicted octanol–water partition coefficient (Wildman–Crippen LogP) is 1.45. The second-order valence-corrected chi connectivity index (χ2v) is 7.72. The molecule has 0 aromatic heterocycles. The summed E-state index contributed by atoms with van der Waals surface area (Å²) in [6.07, 6.45) is 3.07. The highest BCUT2D eigenvalue weighted by Crippen LogP contribution is 2.24. The number of nitrogens with one attached hydrogen (secondary N) is 1. The third-order valence-electron chi connectivity index (χ3n) is 4.59. The maximum Gasteiger partial charge on any atom is 0.109 e. The highest BCUT2D eigenvalue weighted by molar-refractivity contribution is 5.11. The second-order valence-electron chi connectivity index (χ2n) is 7.72. The number of nitrogens with zero attached hydrogens (tertiary/aromatic N) is 3. The minimum atomic E-state index is -0.334. The van der Waals surface area contributed by atoms with Gasteiger partial charge >= 0.3 is 0 Å². The van der Waals surface area contributed by atoms with Crippen LogP contribution in [0.4, 0.5) is 0 Å². The minimum Gasteiger partial charge on any atom is -0.379 e. The molecule has 2 fully saturated rings. The van der Waals surface area contributed by atoms with Gasteiger partial charge in [0.2, 0.25) is 0 Å². The molecule has 0 unspecified atom stereocenters. The van der Waals surface area contributed by atoms with Crippen molar-refractivity contribution >= 4 is 0 Å². The molecule has 0 saturated carbocycles. The number of ether oxygens (including phenoxy) is 1. The third-order valence-corrected chi connectivity index (χ3v) is 4.59. The normalized spacial score (nSPS) is 24.1. The Bertz CT molecular complexity index is 371. The lowest BCUT2D eigenvalue weighted by atomic mass is 9.86. The van der Waals surface area contributed by atoms with Crippen LogP contribution >= 0.6 is 0 Å². The SMILES string of the molecule is CC(C)(C)NC1(C#N)CCN(CCCN2CCOCC2)CC1. The maximum absolute atomic E-state index is 9.59. The average Bonchev–Trinajstić information content (AvgIpc) is 2.49. The van der Waals surface area contributed by atoms with Gasteiger partial charge in [-0.05, 0) is 53.1 Å². The highest BCUT2D eigenvalue weighted by Gasteiger charge is 2.37. The maximum atomic E-state index is 9.59. The van der Waals surface area contributed by atoms with Gasteiger partial charge in [0.25, 0.3) is 0 Å². The Morgan fingerprint density at radius 1 is 1.05 bits per heavy atom. The van der Waals surface area contributed by atoms with E-state index in [4.69, 9.17) is 4.74 Å². The molecule has 2 aliphatic rings. The van der Waals surface area contributed by atoms with Crippen LogP contribution in [-0.4, -0.2) is 73.4 Å². The van der Waals surface area contributed by atoms with Crippen molar-refractivity contribution in [2.75, 3.05) is 52.5 Å². The van der Waals surface area contributed by atoms with Gasteiger partial charge < -0.3 is 9.64 Å². The summed E-state index contributed by atoms with van der Waals surface area (Å²) in [4.78, 5) is 5.01. The fourth-order valence-electron chi connectivity index (χ4n) is 3.48. The van der Waals surface area contributed by atoms with Gasteiger partial charge in [0.15, 0.2) is 0 Å². The first-order chi connectivity index (χ1) is 10.4. The molecule has 0 amide bonds. The Morgan fingerprint density at radius 2 is 1.59 bits per heavy atom. The lowest BCUT2D eigenvalue weighted by molar-refractivity contribution is 0.0353. The Balaban J connectivity index is 1.69. The van der Waals surface area contributed by atoms with Crippen molar-refractivity contribution in [3.63, 3.8) is 0 Å². The third kappa shape index (κ3) is 5.51. The molecule has 0 spiro atoms. The predicted molar refractivity (Wildman–Crippen MR) is 88.8 cm³/mol. The van der Waals surface area contributed by atoms with Gasteiger partial charge in [-0.2, -0.15) is 5.26 Å². The molecular formula is C17H32N4O. The van der Waals surface area contributed by atoms with Crippen LogP contribution < -0.4 is 5.32 Å². The monoisotopic (exact) mass is 308 g/mol. The summed E-state index contributed by atoms with van der Waals surface area (Å²) >= 11 is 0. The molecule has 2 aliphatic heterocycles. The summed E-state index contributed by atoms with van der Waals surface area (Å²) in [7, 11) is 0. The smallest absolute Gasteiger partial charge is 0.109 e. The molecule has 22 heavy (non-hydrogen) atoms. The zero-order chi connectivity index (χ0) is 16.1. The number of likely N-dealkylation sites (tertiary alicyclic amines) is 1. The Morgan fingerprint density at radius 3 is 2.09 bits per heavy atom. The van der Waals surface area contributed by atoms with E-state index in [9.17, 15) is 5.26 Å². The first-order valence-corrected chi connectivity index (χ1v) is 8.66. The van der Waals surface area contributed by atoms with Crippen LogP contribution in [0.25, 0.3) is 0 Å². The van der Waals surface area contributed by atoms with E-state index in [2.05, 4.69) is 42.0 Å². The van der Waals surface area contributed by atoms with Gasteiger partial charge in [0.05, 0.1) is 19.3 Å². The van der Waals surface area contributed by atoms with Crippen molar-refractivity contribution < 1.29 is 4.74 Å². The van der Waals surface area contributed by atoms with Gasteiger partial charge in [-0.15, -0.1) is 0 Å². The molecule has 0 bridgehead atoms. The zero-order valence-corrected chi connectivity index (χ0v) is 14.5. The number of nitriles is 1. The van der Waals surface area contributed by atoms with Crippen molar-refractivity contribution in [1.82, 2.24) is 15.1 Å². The van der Waals surface area contributed by atoms with Crippen LogP contribution in [-0.2, 0) is 4.74 Å². The summed E-state index contributed by atoms with van der Waals surface area (Å²) in [5.74, 6) is 0. The van der Waals surface area contributed by atoms with Crippen molar-refractivity contribution in [2.45, 2.75) is 51.1 Å². The van der Waals surface area contributed by atoms with E-state index in [1.165, 1.54) is 13.0 Å². The Kier molecular flexibility index (Phi) is 6.22. The summed E-state index contributed by atoms with van der Waals surface area (Å²) in [6, 6.07) is 2.54. The summed E-state index contributed by atoms with van der Waals surface area (Å²) < 4.78 is 5.38. The van der Waals surface area contributed by atoms with Crippen molar-refractivity contribution in [3.05, 3.63) is 0 Å². The van der Waals surface area contributed by atoms with Crippen LogP contribution in [0.1, 0.15) is 40.0 Å². The fourth-order valence-corrected chi connectivity index (χ4v) is 3.48. The van der Waals surface area contributed by atoms with Gasteiger partial charge in [-0.25, -0.2) is 0 Å². The van der Waals surface area contributed by atoms with Gasteiger partial charge in [0.1, 0.15) is 5.54 Å². The summed E-state index contributed by atoms with van der Waals surface area (Å²) in [6.45, 7) is 14.7. The minimum absolute atomic E-state index is 0.00572. The topological polar surface area (TPSA) is 51.5 Å². The van der Waals surface area contributed by atoms with Crippen LogP contribution in [0.2, 0.25) is 0 Å². The van der Waals surface area contributed by atoms with Crippen LogP contribution in [0.3, 0.4) is 0 Å². The standard InChI is InChI=1S/C17H32N4O/c1-16(2,3)19-17(15-18)5-9-20(10-6-17)7-4-8-21-11-13-22-14-12-21/h19H,4-14H2,1-3H3. The molecule has 2 rings (SSSR count). The molecule has 126 valence electrons. The molecule has 0 atom stereocenters. The van der Waals surface area contributed by atoms with E-state index in [0.717, 1.165) is 58.8 Å². The summed E-state index contributed by atoms with van der Waals surface area (Å²) in [5.41, 5.74) is -0.340. The molecular weight excluding hydrogens is 276 g/mol. The fraction of sp³-hybridized carbons (Fsp3) is 0.941. The molecule has 2 heterocycles. The summed E-state index contributed by atoms with van der Waals surface area (Å²) in [5, 5.41) is 13.1. The van der Waals surface area contributed by atoms with Crippen LogP contribution in [0.15, 0.2) is 0 Å². The Labute approximate surface area is 135 Å². The molecule has 2 saturated heterocycles. The van der Waals surface area contributed by atoms with E-state index in [0.29, 0.717) is 0 Å². The van der Waals surface area contributed by atoms with E-state index < -0.39 is 0 Å². The second kappa shape index (κ2) is 7.74. The van der Waals surface area contributed by atoms with Gasteiger partial charge in [-0.1, -0.05) is 0 Å². The molecule has 5 heteroatoms. The molecule has 5 nitrogen and oxygen atoms in total. The zero-order valence-electron chi connectivity index (χ0n) is 14.5. The number of piperidine rings is 1. The van der Waals surface area contributed by atoms with Crippen molar-refractivity contribution in [3.8, 4) is 6.07 Å².